The van der Waals surface area contributed by atoms with Gasteiger partial charge in [0.05, 0.1) is 23.7 Å². The van der Waals surface area contributed by atoms with Crippen molar-refractivity contribution in [2.75, 3.05) is 20.3 Å². The van der Waals surface area contributed by atoms with E-state index in [0.717, 1.165) is 23.8 Å². The van der Waals surface area contributed by atoms with Gasteiger partial charge in [0, 0.05) is 30.8 Å². The number of aryl methyl sites for hydroxylation is 1. The maximum atomic E-state index is 13.5. The van der Waals surface area contributed by atoms with Gasteiger partial charge in [-0.05, 0) is 67.1 Å². The average Bonchev–Trinajstić information content (AvgIpc) is 3.32. The Labute approximate surface area is 192 Å². The van der Waals surface area contributed by atoms with E-state index in [9.17, 15) is 18.0 Å². The number of pyridine rings is 1. The zero-order valence-electron chi connectivity index (χ0n) is 18.5. The summed E-state index contributed by atoms with van der Waals surface area (Å²) in [7, 11) is -2.70. The summed E-state index contributed by atoms with van der Waals surface area (Å²) in [6.45, 7) is 2.56. The highest BCUT2D eigenvalue weighted by molar-refractivity contribution is 7.89. The fourth-order valence-electron chi connectivity index (χ4n) is 3.96. The van der Waals surface area contributed by atoms with Gasteiger partial charge in [-0.2, -0.15) is 4.31 Å². The fourth-order valence-corrected chi connectivity index (χ4v) is 5.41. The Bertz CT molecular complexity index is 1330. The first-order valence-electron chi connectivity index (χ1n) is 10.7. The standard InChI is InChI=1S/C24H26N2O6S/c1-16-5-6-18-13-19(23(27)25-22(18)12-16)14-26(15-20-4-3-11-32-20)33(29,30)21-9-7-17(8-10-21)24(28)31-2/h5-10,12-13,20H,3-4,11,14-15H2,1-2H3,(H,25,27)/t20-/m0/s1. The van der Waals surface area contributed by atoms with Crippen LogP contribution in [0.15, 0.2) is 58.2 Å². The summed E-state index contributed by atoms with van der Waals surface area (Å²) in [5.74, 6) is -0.548. The molecule has 1 N–H and O–H groups in total. The van der Waals surface area contributed by atoms with Crippen LogP contribution in [0.3, 0.4) is 0 Å². The Balaban J connectivity index is 1.69. The molecule has 0 saturated carbocycles. The summed E-state index contributed by atoms with van der Waals surface area (Å²) in [5.41, 5.74) is 1.99. The highest BCUT2D eigenvalue weighted by atomic mass is 32.2. The SMILES string of the molecule is COC(=O)c1ccc(S(=O)(=O)N(Cc2cc3ccc(C)cc3[nH]c2=O)C[C@@H]2CCCO2)cc1. The zero-order valence-corrected chi connectivity index (χ0v) is 19.4. The zero-order chi connectivity index (χ0) is 23.6. The number of ether oxygens (including phenoxy) is 2. The molecule has 4 rings (SSSR count). The smallest absolute Gasteiger partial charge is 0.337 e. The van der Waals surface area contributed by atoms with Crippen molar-refractivity contribution in [1.29, 1.82) is 0 Å². The van der Waals surface area contributed by atoms with Gasteiger partial charge in [0.2, 0.25) is 10.0 Å². The topological polar surface area (TPSA) is 106 Å². The summed E-state index contributed by atoms with van der Waals surface area (Å²) in [6.07, 6.45) is 1.37. The molecule has 1 saturated heterocycles. The van der Waals surface area contributed by atoms with Crippen LogP contribution in [0.1, 0.15) is 34.3 Å². The number of carbonyl (C=O) groups is 1. The van der Waals surface area contributed by atoms with Crippen LogP contribution in [-0.4, -0.2) is 50.0 Å². The lowest BCUT2D eigenvalue weighted by Gasteiger charge is -2.25. The molecule has 1 fully saturated rings. The molecule has 0 unspecified atom stereocenters. The van der Waals surface area contributed by atoms with E-state index in [2.05, 4.69) is 9.72 Å². The highest BCUT2D eigenvalue weighted by Gasteiger charge is 2.30. The van der Waals surface area contributed by atoms with E-state index in [-0.39, 0.29) is 35.2 Å². The van der Waals surface area contributed by atoms with Gasteiger partial charge in [-0.1, -0.05) is 12.1 Å². The third-order valence-electron chi connectivity index (χ3n) is 5.77. The number of rotatable bonds is 7. The van der Waals surface area contributed by atoms with Gasteiger partial charge < -0.3 is 14.5 Å². The molecule has 1 aromatic heterocycles. The number of nitrogens with one attached hydrogen (secondary N) is 1. The summed E-state index contributed by atoms with van der Waals surface area (Å²) in [6, 6.07) is 13.0. The molecule has 1 atom stereocenters. The molecule has 2 aromatic carbocycles. The molecule has 2 heterocycles. The van der Waals surface area contributed by atoms with Crippen LogP contribution in [0.5, 0.6) is 0 Å². The third kappa shape index (κ3) is 5.00. The summed E-state index contributed by atoms with van der Waals surface area (Å²) >= 11 is 0. The summed E-state index contributed by atoms with van der Waals surface area (Å²) < 4.78 is 38.7. The Morgan fingerprint density at radius 1 is 1.18 bits per heavy atom. The van der Waals surface area contributed by atoms with E-state index in [4.69, 9.17) is 4.74 Å². The van der Waals surface area contributed by atoms with Crippen molar-refractivity contribution in [3.8, 4) is 0 Å². The van der Waals surface area contributed by atoms with E-state index >= 15 is 0 Å². The first kappa shape index (κ1) is 23.2. The minimum atomic E-state index is -3.96. The van der Waals surface area contributed by atoms with Crippen molar-refractivity contribution in [1.82, 2.24) is 9.29 Å². The van der Waals surface area contributed by atoms with Crippen LogP contribution in [0.2, 0.25) is 0 Å². The molecule has 0 radical (unpaired) electrons. The van der Waals surface area contributed by atoms with Gasteiger partial charge in [0.25, 0.3) is 5.56 Å². The molecular weight excluding hydrogens is 444 g/mol. The van der Waals surface area contributed by atoms with E-state index in [0.29, 0.717) is 17.7 Å². The van der Waals surface area contributed by atoms with Gasteiger partial charge in [-0.25, -0.2) is 13.2 Å². The Morgan fingerprint density at radius 3 is 2.61 bits per heavy atom. The minimum Gasteiger partial charge on any atom is -0.465 e. The van der Waals surface area contributed by atoms with Crippen LogP contribution >= 0.6 is 0 Å². The van der Waals surface area contributed by atoms with Crippen molar-refractivity contribution in [2.45, 2.75) is 37.3 Å². The number of hydrogen-bond acceptors (Lipinski definition) is 6. The Morgan fingerprint density at radius 2 is 1.94 bits per heavy atom. The maximum absolute atomic E-state index is 13.5. The maximum Gasteiger partial charge on any atom is 0.337 e. The molecule has 1 aliphatic rings. The van der Waals surface area contributed by atoms with Crippen LogP contribution in [0.25, 0.3) is 10.9 Å². The number of esters is 1. The monoisotopic (exact) mass is 470 g/mol. The van der Waals surface area contributed by atoms with Crippen molar-refractivity contribution in [3.63, 3.8) is 0 Å². The van der Waals surface area contributed by atoms with Crippen LogP contribution < -0.4 is 5.56 Å². The molecule has 0 spiro atoms. The number of nitrogens with zero attached hydrogens (tertiary/aromatic N) is 1. The second-order valence-corrected chi connectivity index (χ2v) is 10.1. The summed E-state index contributed by atoms with van der Waals surface area (Å²) in [5, 5.41) is 0.826. The molecule has 0 bridgehead atoms. The van der Waals surface area contributed by atoms with E-state index in [1.165, 1.54) is 35.7 Å². The van der Waals surface area contributed by atoms with Gasteiger partial charge in [0.15, 0.2) is 0 Å². The van der Waals surface area contributed by atoms with Crippen molar-refractivity contribution >= 4 is 26.9 Å². The van der Waals surface area contributed by atoms with Gasteiger partial charge in [-0.3, -0.25) is 4.79 Å². The third-order valence-corrected chi connectivity index (χ3v) is 7.60. The number of aromatic nitrogens is 1. The number of fused-ring (bicyclic) bond motifs is 1. The van der Waals surface area contributed by atoms with Crippen LogP contribution in [-0.2, 0) is 26.0 Å². The van der Waals surface area contributed by atoms with Crippen LogP contribution in [0.4, 0.5) is 0 Å². The summed E-state index contributed by atoms with van der Waals surface area (Å²) in [4.78, 5) is 27.4. The predicted octanol–water partition coefficient (Wildman–Crippen LogP) is 2.99. The van der Waals surface area contributed by atoms with Gasteiger partial charge in [-0.15, -0.1) is 0 Å². The predicted molar refractivity (Wildman–Crippen MR) is 124 cm³/mol. The molecule has 1 aliphatic heterocycles. The quantitative estimate of drug-likeness (QED) is 0.532. The number of carbonyl (C=O) groups excluding carboxylic acids is 1. The molecule has 174 valence electrons. The highest BCUT2D eigenvalue weighted by Crippen LogP contribution is 2.23. The molecule has 8 nitrogen and oxygen atoms in total. The van der Waals surface area contributed by atoms with Crippen molar-refractivity contribution < 1.29 is 22.7 Å². The van der Waals surface area contributed by atoms with E-state index in [1.807, 2.05) is 25.1 Å². The van der Waals surface area contributed by atoms with Gasteiger partial charge in [0.1, 0.15) is 0 Å². The second-order valence-electron chi connectivity index (χ2n) is 8.16. The average molecular weight is 471 g/mol. The minimum absolute atomic E-state index is 0.0287. The number of sulfonamides is 1. The molecule has 9 heteroatoms. The van der Waals surface area contributed by atoms with E-state index < -0.39 is 16.0 Å². The Kier molecular flexibility index (Phi) is 6.64. The second kappa shape index (κ2) is 9.46. The molecule has 0 aliphatic carbocycles. The van der Waals surface area contributed by atoms with Crippen molar-refractivity contribution in [3.05, 3.63) is 75.6 Å². The lowest BCUT2D eigenvalue weighted by atomic mass is 10.1. The number of aromatic amines is 1. The lowest BCUT2D eigenvalue weighted by molar-refractivity contribution is 0.0600. The molecular formula is C24H26N2O6S. The fraction of sp³-hybridized carbons (Fsp3) is 0.333. The first-order valence-corrected chi connectivity index (χ1v) is 12.1. The number of H-pyrrole nitrogens is 1. The first-order chi connectivity index (χ1) is 15.8. The molecule has 3 aromatic rings. The molecule has 33 heavy (non-hydrogen) atoms. The van der Waals surface area contributed by atoms with Gasteiger partial charge >= 0.3 is 5.97 Å². The largest absolute Gasteiger partial charge is 0.465 e. The molecule has 0 amide bonds. The van der Waals surface area contributed by atoms with Crippen molar-refractivity contribution in [2.24, 2.45) is 0 Å². The lowest BCUT2D eigenvalue weighted by Crippen LogP contribution is -2.38. The number of methoxy groups -OCH3 is 1. The van der Waals surface area contributed by atoms with E-state index in [1.54, 1.807) is 6.07 Å². The normalized spacial score (nSPS) is 16.4. The number of benzene rings is 2. The number of hydrogen-bond donors (Lipinski definition) is 1. The van der Waals surface area contributed by atoms with Crippen LogP contribution in [0, 0.1) is 6.92 Å². The Hall–Kier alpha value is -3.01.